The average Bonchev–Trinajstić information content (AvgIpc) is 3.60. The molecule has 3 N–H and O–H groups in total. The Labute approximate surface area is 168 Å². The van der Waals surface area contributed by atoms with Crippen LogP contribution in [0.15, 0.2) is 12.4 Å². The van der Waals surface area contributed by atoms with Crippen LogP contribution >= 0.6 is 11.3 Å². The van der Waals surface area contributed by atoms with E-state index in [2.05, 4.69) is 10.3 Å². The summed E-state index contributed by atoms with van der Waals surface area (Å²) in [7, 11) is 0. The van der Waals surface area contributed by atoms with Gasteiger partial charge in [0.15, 0.2) is 5.95 Å². The van der Waals surface area contributed by atoms with Crippen molar-refractivity contribution in [3.05, 3.63) is 33.3 Å². The van der Waals surface area contributed by atoms with E-state index in [0.29, 0.717) is 24.1 Å². The Balaban J connectivity index is 1.44. The number of rotatable bonds is 7. The number of ketones is 1. The van der Waals surface area contributed by atoms with E-state index in [1.165, 1.54) is 17.7 Å². The van der Waals surface area contributed by atoms with E-state index in [-0.39, 0.29) is 17.9 Å². The van der Waals surface area contributed by atoms with Gasteiger partial charge in [-0.3, -0.25) is 9.59 Å². The van der Waals surface area contributed by atoms with Crippen molar-refractivity contribution in [1.29, 1.82) is 0 Å². The minimum Gasteiger partial charge on any atom is -0.369 e. The molecule has 2 aromatic heterocycles. The van der Waals surface area contributed by atoms with Gasteiger partial charge in [0.1, 0.15) is 5.78 Å². The van der Waals surface area contributed by atoms with Crippen LogP contribution in [0.3, 0.4) is 0 Å². The highest BCUT2D eigenvalue weighted by molar-refractivity contribution is 7.12. The lowest BCUT2D eigenvalue weighted by Gasteiger charge is -2.25. The number of carbonyl (C=O) groups is 2. The van der Waals surface area contributed by atoms with Gasteiger partial charge in [-0.1, -0.05) is 0 Å². The number of aryl methyl sites for hydroxylation is 1. The van der Waals surface area contributed by atoms with Crippen LogP contribution in [0.4, 0.5) is 5.95 Å². The second-order valence-electron chi connectivity index (χ2n) is 8.46. The Hall–Kier alpha value is -2.15. The van der Waals surface area contributed by atoms with Crippen LogP contribution in [0.1, 0.15) is 63.8 Å². The molecule has 2 fully saturated rings. The van der Waals surface area contributed by atoms with Crippen LogP contribution in [0.5, 0.6) is 0 Å². The monoisotopic (exact) mass is 398 g/mol. The maximum atomic E-state index is 13.1. The van der Waals surface area contributed by atoms with E-state index < -0.39 is 0 Å². The average molecular weight is 399 g/mol. The number of nitrogens with two attached hydrogens (primary N) is 1. The van der Waals surface area contributed by atoms with Gasteiger partial charge in [-0.25, -0.2) is 4.98 Å². The second kappa shape index (κ2) is 7.03. The molecule has 6 nitrogen and oxygen atoms in total. The number of imidazole rings is 1. The van der Waals surface area contributed by atoms with E-state index in [1.54, 1.807) is 17.5 Å². The third kappa shape index (κ3) is 3.48. The molecule has 28 heavy (non-hydrogen) atoms. The van der Waals surface area contributed by atoms with Crippen molar-refractivity contribution < 1.29 is 9.59 Å². The van der Waals surface area contributed by atoms with Crippen molar-refractivity contribution in [3.8, 4) is 0 Å². The molecular weight excluding hydrogens is 372 g/mol. The first-order valence-corrected chi connectivity index (χ1v) is 11.1. The molecule has 3 aliphatic carbocycles. The molecule has 0 saturated heterocycles. The van der Waals surface area contributed by atoms with Gasteiger partial charge in [0, 0.05) is 47.1 Å². The van der Waals surface area contributed by atoms with Gasteiger partial charge < -0.3 is 15.6 Å². The summed E-state index contributed by atoms with van der Waals surface area (Å²) in [4.78, 5) is 32.0. The Morgan fingerprint density at radius 2 is 2.07 bits per heavy atom. The SMILES string of the molecule is Nc1nccn1[C@H]1CCc2sc(CC(=O)C3CC3)c(C(=O)NCC3CC3)c2C1. The minimum atomic E-state index is 0.00208. The second-order valence-corrected chi connectivity index (χ2v) is 9.65. The molecule has 2 saturated carbocycles. The van der Waals surface area contributed by atoms with Crippen molar-refractivity contribution >= 4 is 29.0 Å². The zero-order chi connectivity index (χ0) is 19.3. The van der Waals surface area contributed by atoms with Crippen LogP contribution in [-0.4, -0.2) is 27.8 Å². The van der Waals surface area contributed by atoms with E-state index in [1.807, 2.05) is 10.8 Å². The quantitative estimate of drug-likeness (QED) is 0.750. The number of thiophene rings is 1. The Bertz CT molecular complexity index is 923. The number of nitrogen functional groups attached to an aromatic ring is 1. The van der Waals surface area contributed by atoms with Gasteiger partial charge in [-0.15, -0.1) is 11.3 Å². The molecule has 0 bridgehead atoms. The number of carbonyl (C=O) groups excluding carboxylic acids is 2. The number of anilines is 1. The summed E-state index contributed by atoms with van der Waals surface area (Å²) in [5.41, 5.74) is 7.92. The third-order valence-electron chi connectivity index (χ3n) is 6.24. The molecule has 0 radical (unpaired) electrons. The molecule has 2 heterocycles. The van der Waals surface area contributed by atoms with Crippen molar-refractivity contribution in [2.45, 2.75) is 57.4 Å². The topological polar surface area (TPSA) is 90.0 Å². The lowest BCUT2D eigenvalue weighted by Crippen LogP contribution is -2.28. The highest BCUT2D eigenvalue weighted by atomic mass is 32.1. The lowest BCUT2D eigenvalue weighted by molar-refractivity contribution is -0.119. The summed E-state index contributed by atoms with van der Waals surface area (Å²) in [5, 5.41) is 3.13. The zero-order valence-corrected chi connectivity index (χ0v) is 16.8. The summed E-state index contributed by atoms with van der Waals surface area (Å²) in [6.07, 6.45) is 11.2. The van der Waals surface area contributed by atoms with Crippen molar-refractivity contribution in [3.63, 3.8) is 0 Å². The van der Waals surface area contributed by atoms with Crippen LogP contribution in [-0.2, 0) is 24.1 Å². The predicted octanol–water partition coefficient (Wildman–Crippen LogP) is 2.92. The Morgan fingerprint density at radius 3 is 2.75 bits per heavy atom. The summed E-state index contributed by atoms with van der Waals surface area (Å²) in [6.45, 7) is 0.747. The summed E-state index contributed by atoms with van der Waals surface area (Å²) in [5.74, 6) is 1.67. The summed E-state index contributed by atoms with van der Waals surface area (Å²) < 4.78 is 2.02. The first-order valence-electron chi connectivity index (χ1n) is 10.3. The number of nitrogens with zero attached hydrogens (tertiary/aromatic N) is 2. The molecule has 3 aliphatic rings. The number of fused-ring (bicyclic) bond motifs is 1. The number of nitrogens with one attached hydrogen (secondary N) is 1. The highest BCUT2D eigenvalue weighted by Gasteiger charge is 2.34. The van der Waals surface area contributed by atoms with Gasteiger partial charge in [0.25, 0.3) is 5.91 Å². The van der Waals surface area contributed by atoms with Crippen LogP contribution in [0.2, 0.25) is 0 Å². The Kier molecular flexibility index (Phi) is 4.50. The predicted molar refractivity (Wildman–Crippen MR) is 109 cm³/mol. The maximum absolute atomic E-state index is 13.1. The lowest BCUT2D eigenvalue weighted by atomic mass is 9.90. The first kappa shape index (κ1) is 17.9. The van der Waals surface area contributed by atoms with Crippen molar-refractivity contribution in [2.75, 3.05) is 12.3 Å². The smallest absolute Gasteiger partial charge is 0.252 e. The molecule has 1 amide bonds. The number of hydrogen-bond acceptors (Lipinski definition) is 5. The summed E-state index contributed by atoms with van der Waals surface area (Å²) in [6, 6.07) is 0.214. The molecule has 2 aromatic rings. The number of amides is 1. The fourth-order valence-corrected chi connectivity index (χ4v) is 5.59. The molecule has 0 aliphatic heterocycles. The fraction of sp³-hybridized carbons (Fsp3) is 0.571. The van der Waals surface area contributed by atoms with Crippen LogP contribution in [0, 0.1) is 11.8 Å². The molecule has 148 valence electrons. The molecule has 0 aromatic carbocycles. The standard InChI is InChI=1S/C21H26N4O2S/c22-21-23-7-8-25(21)14-5-6-17-15(9-14)19(20(27)24-11-12-1-2-12)18(28-17)10-16(26)13-3-4-13/h7-8,12-14H,1-6,9-11H2,(H2,22,23)(H,24,27)/t14-/m0/s1. The highest BCUT2D eigenvalue weighted by Crippen LogP contribution is 2.40. The zero-order valence-electron chi connectivity index (χ0n) is 15.9. The molecule has 0 unspecified atom stereocenters. The van der Waals surface area contributed by atoms with E-state index >= 15 is 0 Å². The van der Waals surface area contributed by atoms with E-state index in [9.17, 15) is 9.59 Å². The third-order valence-corrected chi connectivity index (χ3v) is 7.53. The number of Topliss-reactive ketones (excluding diaryl/α,β-unsaturated/α-hetero) is 1. The first-order chi connectivity index (χ1) is 13.6. The van der Waals surface area contributed by atoms with Gasteiger partial charge in [-0.2, -0.15) is 0 Å². The van der Waals surface area contributed by atoms with Gasteiger partial charge in [0.2, 0.25) is 0 Å². The molecule has 5 rings (SSSR count). The van der Waals surface area contributed by atoms with Crippen LogP contribution in [0.25, 0.3) is 0 Å². The molecule has 7 heteroatoms. The molecule has 1 atom stereocenters. The van der Waals surface area contributed by atoms with E-state index in [4.69, 9.17) is 5.73 Å². The van der Waals surface area contributed by atoms with Crippen molar-refractivity contribution in [1.82, 2.24) is 14.9 Å². The molecular formula is C21H26N4O2S. The maximum Gasteiger partial charge on any atom is 0.252 e. The molecule has 0 spiro atoms. The van der Waals surface area contributed by atoms with Crippen LogP contribution < -0.4 is 11.1 Å². The Morgan fingerprint density at radius 1 is 1.25 bits per heavy atom. The van der Waals surface area contributed by atoms with Gasteiger partial charge in [-0.05, 0) is 56.4 Å². The van der Waals surface area contributed by atoms with Gasteiger partial charge in [0.05, 0.1) is 5.56 Å². The number of hydrogen-bond donors (Lipinski definition) is 2. The largest absolute Gasteiger partial charge is 0.369 e. The number of aromatic nitrogens is 2. The fourth-order valence-electron chi connectivity index (χ4n) is 4.24. The minimum absolute atomic E-state index is 0.00208. The van der Waals surface area contributed by atoms with Crippen molar-refractivity contribution in [2.24, 2.45) is 11.8 Å². The summed E-state index contributed by atoms with van der Waals surface area (Å²) >= 11 is 1.68. The normalized spacial score (nSPS) is 21.4. The van der Waals surface area contributed by atoms with E-state index in [0.717, 1.165) is 54.7 Å². The van der Waals surface area contributed by atoms with Gasteiger partial charge >= 0.3 is 0 Å².